The molecule has 53 heavy (non-hydrogen) atoms. The number of anilines is 7. The van der Waals surface area contributed by atoms with E-state index in [9.17, 15) is 35.1 Å². The van der Waals surface area contributed by atoms with Gasteiger partial charge < -0.3 is 21.7 Å². The first kappa shape index (κ1) is 40.3. The topological polar surface area (TPSA) is 114 Å². The van der Waals surface area contributed by atoms with E-state index in [2.05, 4.69) is 35.9 Å². The molecule has 19 heteroatoms. The first-order valence-corrected chi connectivity index (χ1v) is 15.7. The van der Waals surface area contributed by atoms with E-state index in [1.165, 1.54) is 67.0 Å². The van der Waals surface area contributed by atoms with Gasteiger partial charge in [-0.1, -0.05) is 23.2 Å². The van der Waals surface area contributed by atoms with Gasteiger partial charge in [-0.3, -0.25) is 0 Å². The summed E-state index contributed by atoms with van der Waals surface area (Å²) in [6, 6.07) is 20.5. The largest absolute Gasteiger partial charge is 0.416 e. The highest BCUT2D eigenvalue weighted by atomic mass is 35.5. The quantitative estimate of drug-likeness (QED) is 0.0748. The Bertz CT molecular complexity index is 2120. The molecule has 0 bridgehead atoms. The summed E-state index contributed by atoms with van der Waals surface area (Å²) in [5.74, 6) is 0.0974. The molecular formula is C34H23Cl3F8N8. The van der Waals surface area contributed by atoms with Crippen LogP contribution < -0.4 is 21.7 Å². The lowest BCUT2D eigenvalue weighted by Crippen LogP contribution is -2.05. The second-order valence-corrected chi connectivity index (χ2v) is 11.5. The van der Waals surface area contributed by atoms with Gasteiger partial charge in [0.25, 0.3) is 0 Å². The van der Waals surface area contributed by atoms with Crippen LogP contribution in [0.3, 0.4) is 0 Å². The van der Waals surface area contributed by atoms with E-state index in [1.54, 1.807) is 18.2 Å². The number of rotatable bonds is 6. The van der Waals surface area contributed by atoms with E-state index in [0.717, 1.165) is 24.3 Å². The van der Waals surface area contributed by atoms with Crippen molar-refractivity contribution in [2.75, 3.05) is 21.7 Å². The van der Waals surface area contributed by atoms with Gasteiger partial charge in [0.1, 0.15) is 23.3 Å². The third-order valence-corrected chi connectivity index (χ3v) is 7.13. The van der Waals surface area contributed by atoms with Crippen LogP contribution in [0.5, 0.6) is 0 Å². The van der Waals surface area contributed by atoms with Crippen LogP contribution in [0.4, 0.5) is 75.5 Å². The minimum Gasteiger partial charge on any atom is -0.399 e. The predicted octanol–water partition coefficient (Wildman–Crippen LogP) is 11.7. The molecule has 276 valence electrons. The van der Waals surface area contributed by atoms with Crippen molar-refractivity contribution in [2.24, 2.45) is 0 Å². The summed E-state index contributed by atoms with van der Waals surface area (Å²) in [4.78, 5) is 15.9. The van der Waals surface area contributed by atoms with Crippen molar-refractivity contribution in [3.63, 3.8) is 0 Å². The average molecular weight is 802 g/mol. The first-order valence-electron chi connectivity index (χ1n) is 14.6. The molecule has 0 aliphatic carbocycles. The van der Waals surface area contributed by atoms with Gasteiger partial charge in [-0.05, 0) is 109 Å². The molecule has 6 rings (SSSR count). The monoisotopic (exact) mass is 800 g/mol. The average Bonchev–Trinajstić information content (AvgIpc) is 3.09. The smallest absolute Gasteiger partial charge is 0.399 e. The summed E-state index contributed by atoms with van der Waals surface area (Å²) in [5, 5.41) is 8.82. The summed E-state index contributed by atoms with van der Waals surface area (Å²) in [6.07, 6.45) is -5.68. The van der Waals surface area contributed by atoms with Crippen molar-refractivity contribution in [2.45, 2.75) is 12.4 Å². The number of aromatic nitrogens is 4. The van der Waals surface area contributed by atoms with Gasteiger partial charge in [-0.15, -0.1) is 0 Å². The van der Waals surface area contributed by atoms with Gasteiger partial charge in [0.15, 0.2) is 0 Å². The molecule has 5 N–H and O–H groups in total. The fourth-order valence-electron chi connectivity index (χ4n) is 3.88. The molecular weight excluding hydrogens is 779 g/mol. The number of nitrogens with one attached hydrogen (secondary N) is 3. The second-order valence-electron chi connectivity index (χ2n) is 10.3. The molecule has 0 aliphatic heterocycles. The van der Waals surface area contributed by atoms with Gasteiger partial charge in [-0.25, -0.2) is 23.7 Å². The van der Waals surface area contributed by atoms with E-state index in [-0.39, 0.29) is 21.3 Å². The fourth-order valence-corrected chi connectivity index (χ4v) is 4.39. The van der Waals surface area contributed by atoms with Crippen LogP contribution in [0.1, 0.15) is 11.1 Å². The Morgan fingerprint density at radius 1 is 0.509 bits per heavy atom. The van der Waals surface area contributed by atoms with Crippen molar-refractivity contribution in [3.8, 4) is 0 Å². The lowest BCUT2D eigenvalue weighted by atomic mass is 10.2. The van der Waals surface area contributed by atoms with Crippen LogP contribution in [0.15, 0.2) is 109 Å². The van der Waals surface area contributed by atoms with Crippen LogP contribution in [0.25, 0.3) is 0 Å². The lowest BCUT2D eigenvalue weighted by molar-refractivity contribution is -0.138. The first-order chi connectivity index (χ1) is 25.0. The zero-order valence-electron chi connectivity index (χ0n) is 26.4. The van der Waals surface area contributed by atoms with Gasteiger partial charge in [0.05, 0.1) is 21.2 Å². The van der Waals surface area contributed by atoms with Crippen LogP contribution >= 0.6 is 34.8 Å². The molecule has 0 amide bonds. The zero-order chi connectivity index (χ0) is 38.8. The third-order valence-electron chi connectivity index (χ3n) is 6.37. The Morgan fingerprint density at radius 2 is 0.943 bits per heavy atom. The van der Waals surface area contributed by atoms with Gasteiger partial charge in [0.2, 0.25) is 11.2 Å². The number of nitrogens with zero attached hydrogens (tertiary/aromatic N) is 4. The van der Waals surface area contributed by atoms with Crippen LogP contribution in [-0.4, -0.2) is 19.9 Å². The number of nitrogens with two attached hydrogens (primary N) is 1. The number of alkyl halides is 6. The van der Waals surface area contributed by atoms with E-state index in [1.807, 2.05) is 0 Å². The SMILES string of the molecule is Fc1ccc(Nc2ccnc(Cl)n2)cc1Cl.Fc1ccc(Nc2ccnc(Nc3ccc(C(F)(F)F)cc3)n2)cc1Cl.Nc1ccc(C(F)(F)F)cc1. The van der Waals surface area contributed by atoms with Crippen molar-refractivity contribution in [1.29, 1.82) is 0 Å². The normalized spacial score (nSPS) is 11.0. The molecule has 2 aromatic heterocycles. The molecule has 0 fully saturated rings. The van der Waals surface area contributed by atoms with E-state index >= 15 is 0 Å². The van der Waals surface area contributed by atoms with Crippen molar-refractivity contribution < 1.29 is 35.1 Å². The lowest BCUT2D eigenvalue weighted by Gasteiger charge is -2.10. The Balaban J connectivity index is 0.000000197. The number of benzene rings is 4. The molecule has 4 aromatic carbocycles. The Hall–Kier alpha value is -5.45. The number of nitrogen functional groups attached to an aromatic ring is 1. The van der Waals surface area contributed by atoms with Crippen molar-refractivity contribution in [1.82, 2.24) is 19.9 Å². The molecule has 0 radical (unpaired) electrons. The molecule has 0 unspecified atom stereocenters. The van der Waals surface area contributed by atoms with Gasteiger partial charge in [0, 0.05) is 35.1 Å². The number of halogens is 11. The summed E-state index contributed by atoms with van der Waals surface area (Å²) in [6.45, 7) is 0. The summed E-state index contributed by atoms with van der Waals surface area (Å²) in [5.41, 5.74) is 5.67. The molecule has 0 atom stereocenters. The Morgan fingerprint density at radius 3 is 1.40 bits per heavy atom. The van der Waals surface area contributed by atoms with Gasteiger partial charge in [-0.2, -0.15) is 31.3 Å². The summed E-state index contributed by atoms with van der Waals surface area (Å²) in [7, 11) is 0. The molecule has 0 aliphatic rings. The molecule has 0 saturated heterocycles. The van der Waals surface area contributed by atoms with Crippen LogP contribution in [0.2, 0.25) is 15.3 Å². The molecule has 6 aromatic rings. The molecule has 8 nitrogen and oxygen atoms in total. The van der Waals surface area contributed by atoms with Crippen molar-refractivity contribution in [3.05, 3.63) is 148 Å². The maximum absolute atomic E-state index is 13.2. The van der Waals surface area contributed by atoms with Crippen LogP contribution in [0, 0.1) is 11.6 Å². The minimum atomic E-state index is -4.39. The highest BCUT2D eigenvalue weighted by molar-refractivity contribution is 6.31. The third kappa shape index (κ3) is 12.9. The van der Waals surface area contributed by atoms with Gasteiger partial charge >= 0.3 is 12.4 Å². The number of hydrogen-bond donors (Lipinski definition) is 4. The summed E-state index contributed by atoms with van der Waals surface area (Å²) < 4.78 is 99.4. The van der Waals surface area contributed by atoms with Crippen molar-refractivity contribution >= 4 is 75.1 Å². The summed E-state index contributed by atoms with van der Waals surface area (Å²) >= 11 is 17.0. The highest BCUT2D eigenvalue weighted by Gasteiger charge is 2.30. The zero-order valence-corrected chi connectivity index (χ0v) is 28.7. The highest BCUT2D eigenvalue weighted by Crippen LogP contribution is 2.31. The maximum Gasteiger partial charge on any atom is 0.416 e. The van der Waals surface area contributed by atoms with E-state index in [4.69, 9.17) is 40.5 Å². The van der Waals surface area contributed by atoms with E-state index < -0.39 is 35.1 Å². The standard InChI is InChI=1S/C17H11ClF4N4.C10H6Cl2FN3.C7H6F3N/c18-13-9-12(5-6-14(13)19)24-15-7-8-23-16(26-15)25-11-3-1-10(2-4-11)17(20,21)22;11-7-5-6(1-2-8(7)13)15-9-3-4-14-10(12)16-9;8-7(9,10)5-1-3-6(11)4-2-5/h1-9H,(H2,23,24,25,26);1-5H,(H,14,15,16);1-4H,11H2. The minimum absolute atomic E-state index is 0.0350. The number of hydrogen-bond acceptors (Lipinski definition) is 8. The fraction of sp³-hybridized carbons (Fsp3) is 0.0588. The van der Waals surface area contributed by atoms with Crippen LogP contribution in [-0.2, 0) is 12.4 Å². The molecule has 2 heterocycles. The second kappa shape index (κ2) is 17.9. The Labute approximate surface area is 311 Å². The molecule has 0 spiro atoms. The molecule has 0 saturated carbocycles. The Kier molecular flexibility index (Phi) is 13.6. The maximum atomic E-state index is 13.2. The predicted molar refractivity (Wildman–Crippen MR) is 189 cm³/mol. The van der Waals surface area contributed by atoms with E-state index in [0.29, 0.717) is 34.4 Å².